The van der Waals surface area contributed by atoms with Crippen LogP contribution >= 0.6 is 11.8 Å². The molecule has 106 valence electrons. The van der Waals surface area contributed by atoms with Gasteiger partial charge in [-0.25, -0.2) is 4.98 Å². The van der Waals surface area contributed by atoms with Gasteiger partial charge in [-0.1, -0.05) is 11.8 Å². The standard InChI is InChI=1S/C12H15N5O2S/c1-18-5-4-17-9(14)7(6-13)8-10(17)15-12(20-3)16-11(8)19-2/h4-5,14H2,1-3H3. The lowest BCUT2D eigenvalue weighted by Gasteiger charge is -2.07. The van der Waals surface area contributed by atoms with E-state index in [4.69, 9.17) is 15.2 Å². The third-order valence-electron chi connectivity index (χ3n) is 2.90. The minimum atomic E-state index is 0.334. The number of hydrogen-bond acceptors (Lipinski definition) is 7. The van der Waals surface area contributed by atoms with Gasteiger partial charge in [0, 0.05) is 13.7 Å². The summed E-state index contributed by atoms with van der Waals surface area (Å²) in [5, 5.41) is 10.4. The minimum absolute atomic E-state index is 0.334. The third-order valence-corrected chi connectivity index (χ3v) is 3.44. The summed E-state index contributed by atoms with van der Waals surface area (Å²) < 4.78 is 12.1. The number of fused-ring (bicyclic) bond motifs is 1. The Bertz CT molecular complexity index is 677. The predicted octanol–water partition coefficient (Wildman–Crippen LogP) is 1.26. The summed E-state index contributed by atoms with van der Waals surface area (Å²) in [5.74, 6) is 0.712. The molecule has 0 radical (unpaired) electrons. The van der Waals surface area contributed by atoms with E-state index in [1.54, 1.807) is 11.7 Å². The van der Waals surface area contributed by atoms with Gasteiger partial charge < -0.3 is 19.8 Å². The molecule has 0 atom stereocenters. The molecular formula is C12H15N5O2S. The fourth-order valence-electron chi connectivity index (χ4n) is 1.96. The van der Waals surface area contributed by atoms with Gasteiger partial charge in [0.1, 0.15) is 22.8 Å². The highest BCUT2D eigenvalue weighted by molar-refractivity contribution is 7.98. The highest BCUT2D eigenvalue weighted by Gasteiger charge is 2.21. The Hall–Kier alpha value is -1.98. The van der Waals surface area contributed by atoms with E-state index in [2.05, 4.69) is 16.0 Å². The van der Waals surface area contributed by atoms with Crippen LogP contribution in [0.5, 0.6) is 5.88 Å². The number of hydrogen-bond donors (Lipinski definition) is 1. The first-order chi connectivity index (χ1) is 9.67. The molecule has 0 spiro atoms. The number of nitrogen functional groups attached to an aromatic ring is 1. The first-order valence-electron chi connectivity index (χ1n) is 5.84. The smallest absolute Gasteiger partial charge is 0.228 e. The summed E-state index contributed by atoms with van der Waals surface area (Å²) in [6.45, 7) is 0.980. The Kier molecular flexibility index (Phi) is 4.32. The van der Waals surface area contributed by atoms with Crippen molar-refractivity contribution < 1.29 is 9.47 Å². The highest BCUT2D eigenvalue weighted by Crippen LogP contribution is 2.33. The fourth-order valence-corrected chi connectivity index (χ4v) is 2.31. The van der Waals surface area contributed by atoms with E-state index in [1.807, 2.05) is 6.26 Å². The maximum absolute atomic E-state index is 9.31. The Labute approximate surface area is 120 Å². The number of nitriles is 1. The molecule has 2 heterocycles. The van der Waals surface area contributed by atoms with E-state index in [1.165, 1.54) is 18.9 Å². The zero-order valence-electron chi connectivity index (χ0n) is 11.5. The van der Waals surface area contributed by atoms with Gasteiger partial charge in [-0.2, -0.15) is 10.2 Å². The normalized spacial score (nSPS) is 10.7. The quantitative estimate of drug-likeness (QED) is 0.654. The second-order valence-corrected chi connectivity index (χ2v) is 4.71. The van der Waals surface area contributed by atoms with Crippen LogP contribution < -0.4 is 10.5 Å². The van der Waals surface area contributed by atoms with Crippen molar-refractivity contribution in [1.29, 1.82) is 5.26 Å². The molecule has 8 heteroatoms. The van der Waals surface area contributed by atoms with E-state index in [0.717, 1.165) is 0 Å². The lowest BCUT2D eigenvalue weighted by atomic mass is 10.2. The third kappa shape index (κ3) is 2.26. The Morgan fingerprint density at radius 2 is 2.15 bits per heavy atom. The average molecular weight is 293 g/mol. The van der Waals surface area contributed by atoms with Gasteiger partial charge in [-0.15, -0.1) is 0 Å². The first-order valence-corrected chi connectivity index (χ1v) is 7.07. The summed E-state index contributed by atoms with van der Waals surface area (Å²) in [6.07, 6.45) is 1.87. The van der Waals surface area contributed by atoms with Gasteiger partial charge in [0.25, 0.3) is 0 Å². The Morgan fingerprint density at radius 1 is 1.40 bits per heavy atom. The van der Waals surface area contributed by atoms with Crippen LogP contribution in [0, 0.1) is 11.3 Å². The van der Waals surface area contributed by atoms with Crippen molar-refractivity contribution >= 4 is 28.6 Å². The highest BCUT2D eigenvalue weighted by atomic mass is 32.2. The van der Waals surface area contributed by atoms with Crippen molar-refractivity contribution in [3.8, 4) is 11.9 Å². The molecule has 0 unspecified atom stereocenters. The number of anilines is 1. The predicted molar refractivity (Wildman–Crippen MR) is 76.9 cm³/mol. The second kappa shape index (κ2) is 5.98. The number of methoxy groups -OCH3 is 2. The van der Waals surface area contributed by atoms with E-state index in [-0.39, 0.29) is 0 Å². The van der Waals surface area contributed by atoms with E-state index in [9.17, 15) is 5.26 Å². The Balaban J connectivity index is 2.79. The van der Waals surface area contributed by atoms with Crippen molar-refractivity contribution in [2.45, 2.75) is 11.7 Å². The number of thioether (sulfide) groups is 1. The van der Waals surface area contributed by atoms with Crippen molar-refractivity contribution in [3.63, 3.8) is 0 Å². The molecule has 0 saturated heterocycles. The molecule has 0 aliphatic heterocycles. The van der Waals surface area contributed by atoms with E-state index < -0.39 is 0 Å². The average Bonchev–Trinajstić information content (AvgIpc) is 2.75. The van der Waals surface area contributed by atoms with Crippen LogP contribution in [0.15, 0.2) is 5.16 Å². The lowest BCUT2D eigenvalue weighted by Crippen LogP contribution is -2.08. The van der Waals surface area contributed by atoms with Gasteiger partial charge in [0.15, 0.2) is 10.8 Å². The minimum Gasteiger partial charge on any atom is -0.480 e. The molecule has 0 bridgehead atoms. The van der Waals surface area contributed by atoms with Crippen LogP contribution in [0.2, 0.25) is 0 Å². The second-order valence-electron chi connectivity index (χ2n) is 3.93. The SMILES string of the molecule is COCCn1c(N)c(C#N)c2c(OC)nc(SC)nc21. The number of rotatable bonds is 5. The van der Waals surface area contributed by atoms with Crippen molar-refractivity contribution in [1.82, 2.24) is 14.5 Å². The number of aromatic nitrogens is 3. The molecular weight excluding hydrogens is 278 g/mol. The van der Waals surface area contributed by atoms with Crippen LogP contribution in [0.3, 0.4) is 0 Å². The molecule has 0 saturated carbocycles. The maximum Gasteiger partial charge on any atom is 0.228 e. The molecule has 0 amide bonds. The molecule has 7 nitrogen and oxygen atoms in total. The fraction of sp³-hybridized carbons (Fsp3) is 0.417. The molecule has 2 N–H and O–H groups in total. The molecule has 2 aromatic rings. The zero-order chi connectivity index (χ0) is 14.7. The summed E-state index contributed by atoms with van der Waals surface area (Å²) >= 11 is 1.40. The van der Waals surface area contributed by atoms with Gasteiger partial charge in [-0.3, -0.25) is 0 Å². The largest absolute Gasteiger partial charge is 0.480 e. The maximum atomic E-state index is 9.31. The lowest BCUT2D eigenvalue weighted by molar-refractivity contribution is 0.188. The number of nitrogens with zero attached hydrogens (tertiary/aromatic N) is 4. The van der Waals surface area contributed by atoms with Crippen LogP contribution in [0.4, 0.5) is 5.82 Å². The summed E-state index contributed by atoms with van der Waals surface area (Å²) in [7, 11) is 3.12. The molecule has 20 heavy (non-hydrogen) atoms. The van der Waals surface area contributed by atoms with Gasteiger partial charge in [-0.05, 0) is 6.26 Å². The molecule has 0 fully saturated rings. The molecule has 0 aliphatic rings. The van der Waals surface area contributed by atoms with E-state index in [0.29, 0.717) is 46.6 Å². The number of nitrogens with two attached hydrogens (primary N) is 1. The monoisotopic (exact) mass is 293 g/mol. The van der Waals surface area contributed by atoms with Gasteiger partial charge >= 0.3 is 0 Å². The molecule has 0 aromatic carbocycles. The topological polar surface area (TPSA) is 99.0 Å². The first kappa shape index (κ1) is 14.4. The molecule has 2 aromatic heterocycles. The van der Waals surface area contributed by atoms with Gasteiger partial charge in [0.05, 0.1) is 13.7 Å². The van der Waals surface area contributed by atoms with E-state index >= 15 is 0 Å². The van der Waals surface area contributed by atoms with Gasteiger partial charge in [0.2, 0.25) is 5.88 Å². The Morgan fingerprint density at radius 3 is 2.70 bits per heavy atom. The summed E-state index contributed by atoms with van der Waals surface area (Å²) in [5.41, 5.74) is 6.96. The van der Waals surface area contributed by atoms with Crippen LogP contribution in [-0.4, -0.2) is 41.6 Å². The zero-order valence-corrected chi connectivity index (χ0v) is 12.3. The molecule has 2 rings (SSSR count). The van der Waals surface area contributed by atoms with Crippen molar-refractivity contribution in [2.75, 3.05) is 32.8 Å². The number of ether oxygens (including phenoxy) is 2. The van der Waals surface area contributed by atoms with Crippen molar-refractivity contribution in [3.05, 3.63) is 5.56 Å². The molecule has 0 aliphatic carbocycles. The van der Waals surface area contributed by atoms with Crippen LogP contribution in [0.1, 0.15) is 5.56 Å². The summed E-state index contributed by atoms with van der Waals surface area (Å²) in [6, 6.07) is 2.09. The van der Waals surface area contributed by atoms with Crippen LogP contribution in [0.25, 0.3) is 11.0 Å². The summed E-state index contributed by atoms with van der Waals surface area (Å²) in [4.78, 5) is 8.69. The van der Waals surface area contributed by atoms with Crippen molar-refractivity contribution in [2.24, 2.45) is 0 Å². The van der Waals surface area contributed by atoms with Crippen LogP contribution in [-0.2, 0) is 11.3 Å².